The van der Waals surface area contributed by atoms with Crippen LogP contribution in [0.3, 0.4) is 0 Å². The Morgan fingerprint density at radius 2 is 1.91 bits per heavy atom. The van der Waals surface area contributed by atoms with Crippen LogP contribution < -0.4 is 5.32 Å². The van der Waals surface area contributed by atoms with Gasteiger partial charge in [-0.25, -0.2) is 4.39 Å². The van der Waals surface area contributed by atoms with E-state index >= 15 is 0 Å². The fourth-order valence-corrected chi connectivity index (χ4v) is 2.86. The summed E-state index contributed by atoms with van der Waals surface area (Å²) in [6, 6.07) is 6.33. The van der Waals surface area contributed by atoms with Gasteiger partial charge in [-0.1, -0.05) is 37.5 Å². The van der Waals surface area contributed by atoms with Gasteiger partial charge >= 0.3 is 5.97 Å². The predicted molar refractivity (Wildman–Crippen MR) is 85.3 cm³/mol. The van der Waals surface area contributed by atoms with Gasteiger partial charge in [0.15, 0.2) is 6.61 Å². The molecule has 126 valence electrons. The van der Waals surface area contributed by atoms with E-state index in [4.69, 9.17) is 4.74 Å². The van der Waals surface area contributed by atoms with Gasteiger partial charge in [-0.15, -0.1) is 0 Å². The van der Waals surface area contributed by atoms with Gasteiger partial charge in [0.05, 0.1) is 0 Å². The van der Waals surface area contributed by atoms with E-state index in [9.17, 15) is 14.0 Å². The van der Waals surface area contributed by atoms with Gasteiger partial charge < -0.3 is 10.1 Å². The summed E-state index contributed by atoms with van der Waals surface area (Å²) in [5.74, 6) is -0.536. The number of ether oxygens (including phenoxy) is 1. The normalized spacial score (nSPS) is 15.2. The van der Waals surface area contributed by atoms with Gasteiger partial charge in [-0.05, 0) is 36.8 Å². The number of esters is 1. The molecule has 1 aliphatic rings. The van der Waals surface area contributed by atoms with E-state index in [-0.39, 0.29) is 31.2 Å². The van der Waals surface area contributed by atoms with E-state index in [1.54, 1.807) is 18.2 Å². The highest BCUT2D eigenvalue weighted by Crippen LogP contribution is 2.22. The highest BCUT2D eigenvalue weighted by Gasteiger charge is 2.15. The molecule has 0 bridgehead atoms. The van der Waals surface area contributed by atoms with Crippen molar-refractivity contribution >= 4 is 11.9 Å². The highest BCUT2D eigenvalue weighted by atomic mass is 19.1. The fraction of sp³-hybridized carbons (Fsp3) is 0.556. The van der Waals surface area contributed by atoms with Crippen LogP contribution in [0.4, 0.5) is 4.39 Å². The molecule has 0 aliphatic heterocycles. The van der Waals surface area contributed by atoms with E-state index in [1.165, 1.54) is 25.3 Å². The van der Waals surface area contributed by atoms with Crippen molar-refractivity contribution in [1.82, 2.24) is 5.32 Å². The van der Waals surface area contributed by atoms with Crippen LogP contribution in [0.2, 0.25) is 0 Å². The minimum Gasteiger partial charge on any atom is -0.456 e. The first-order chi connectivity index (χ1) is 11.1. The van der Waals surface area contributed by atoms with Gasteiger partial charge in [-0.2, -0.15) is 0 Å². The van der Waals surface area contributed by atoms with Crippen molar-refractivity contribution in [3.63, 3.8) is 0 Å². The fourth-order valence-electron chi connectivity index (χ4n) is 2.86. The second-order valence-corrected chi connectivity index (χ2v) is 6.06. The summed E-state index contributed by atoms with van der Waals surface area (Å²) in [4.78, 5) is 23.3. The number of amides is 1. The van der Waals surface area contributed by atoms with Crippen LogP contribution in [-0.2, 0) is 20.7 Å². The van der Waals surface area contributed by atoms with E-state index in [0.29, 0.717) is 18.0 Å². The van der Waals surface area contributed by atoms with E-state index in [1.807, 2.05) is 0 Å². The van der Waals surface area contributed by atoms with Crippen molar-refractivity contribution in [3.8, 4) is 0 Å². The number of halogens is 1. The van der Waals surface area contributed by atoms with Crippen LogP contribution in [0, 0.1) is 11.7 Å². The van der Waals surface area contributed by atoms with Crippen LogP contribution in [0.25, 0.3) is 0 Å². The predicted octanol–water partition coefficient (Wildman–Crippen LogP) is 3.00. The number of benzene rings is 1. The molecule has 1 amide bonds. The van der Waals surface area contributed by atoms with Crippen molar-refractivity contribution < 1.29 is 18.7 Å². The van der Waals surface area contributed by atoms with Gasteiger partial charge in [0, 0.05) is 13.0 Å². The molecular weight excluding hydrogens is 297 g/mol. The van der Waals surface area contributed by atoms with Crippen LogP contribution in [-0.4, -0.2) is 25.0 Å². The minimum absolute atomic E-state index is 0.0663. The van der Waals surface area contributed by atoms with Crippen LogP contribution >= 0.6 is 0 Å². The molecule has 0 heterocycles. The monoisotopic (exact) mass is 321 g/mol. The topological polar surface area (TPSA) is 55.4 Å². The van der Waals surface area contributed by atoms with Crippen LogP contribution in [0.5, 0.6) is 0 Å². The lowest BCUT2D eigenvalue weighted by Gasteiger charge is -2.21. The Bertz CT molecular complexity index is 527. The molecule has 1 saturated carbocycles. The van der Waals surface area contributed by atoms with Gasteiger partial charge in [0.1, 0.15) is 5.82 Å². The third-order valence-electron chi connectivity index (χ3n) is 4.23. The summed E-state index contributed by atoms with van der Waals surface area (Å²) in [6.45, 7) is 0.397. The molecule has 1 aliphatic carbocycles. The molecule has 1 aromatic rings. The smallest absolute Gasteiger partial charge is 0.306 e. The average molecular weight is 321 g/mol. The maximum absolute atomic E-state index is 13.4. The van der Waals surface area contributed by atoms with Crippen molar-refractivity contribution in [3.05, 3.63) is 35.6 Å². The Kier molecular flexibility index (Phi) is 7.04. The zero-order valence-electron chi connectivity index (χ0n) is 13.4. The summed E-state index contributed by atoms with van der Waals surface area (Å²) >= 11 is 0. The zero-order chi connectivity index (χ0) is 16.5. The molecule has 4 nitrogen and oxygen atoms in total. The van der Waals surface area contributed by atoms with E-state index < -0.39 is 5.97 Å². The lowest BCUT2D eigenvalue weighted by molar-refractivity contribution is -0.148. The van der Waals surface area contributed by atoms with E-state index in [2.05, 4.69) is 5.32 Å². The number of nitrogens with one attached hydrogen (secondary N) is 1. The lowest BCUT2D eigenvalue weighted by atomic mass is 9.89. The standard InChI is InChI=1S/C18H24FNO3/c19-16-9-5-4-8-15(16)10-11-18(22)23-13-17(21)20-12-14-6-2-1-3-7-14/h4-5,8-9,14H,1-3,6-7,10-13H2,(H,20,21). The maximum Gasteiger partial charge on any atom is 0.306 e. The first-order valence-electron chi connectivity index (χ1n) is 8.31. The molecule has 23 heavy (non-hydrogen) atoms. The van der Waals surface area contributed by atoms with Crippen molar-refractivity contribution in [2.75, 3.05) is 13.2 Å². The number of rotatable bonds is 7. The van der Waals surface area contributed by atoms with Gasteiger partial charge in [0.2, 0.25) is 0 Å². The summed E-state index contributed by atoms with van der Waals surface area (Å²) in [5.41, 5.74) is 0.478. The number of carbonyl (C=O) groups excluding carboxylic acids is 2. The molecule has 0 unspecified atom stereocenters. The molecule has 0 radical (unpaired) electrons. The molecule has 0 spiro atoms. The third-order valence-corrected chi connectivity index (χ3v) is 4.23. The zero-order valence-corrected chi connectivity index (χ0v) is 13.4. The Balaban J connectivity index is 1.60. The number of hydrogen-bond acceptors (Lipinski definition) is 3. The number of hydrogen-bond donors (Lipinski definition) is 1. The Labute approximate surface area is 136 Å². The summed E-state index contributed by atoms with van der Waals surface area (Å²) in [7, 11) is 0. The number of carbonyl (C=O) groups is 2. The molecule has 0 aromatic heterocycles. The average Bonchev–Trinajstić information content (AvgIpc) is 2.58. The number of aryl methyl sites for hydroxylation is 1. The summed E-state index contributed by atoms with van der Waals surface area (Å²) < 4.78 is 18.3. The molecule has 2 rings (SSSR count). The second kappa shape index (κ2) is 9.28. The largest absolute Gasteiger partial charge is 0.456 e. The molecule has 1 N–H and O–H groups in total. The van der Waals surface area contributed by atoms with Crippen molar-refractivity contribution in [1.29, 1.82) is 0 Å². The summed E-state index contributed by atoms with van der Waals surface area (Å²) in [6.07, 6.45) is 6.39. The van der Waals surface area contributed by atoms with Crippen LogP contribution in [0.1, 0.15) is 44.1 Å². The lowest BCUT2D eigenvalue weighted by Crippen LogP contribution is -2.33. The third kappa shape index (κ3) is 6.38. The molecule has 0 atom stereocenters. The van der Waals surface area contributed by atoms with Crippen LogP contribution in [0.15, 0.2) is 24.3 Å². The minimum atomic E-state index is -0.485. The summed E-state index contributed by atoms with van der Waals surface area (Å²) in [5, 5.41) is 2.81. The molecular formula is C18H24FNO3. The highest BCUT2D eigenvalue weighted by molar-refractivity contribution is 5.80. The maximum atomic E-state index is 13.4. The Hall–Kier alpha value is -1.91. The first-order valence-corrected chi connectivity index (χ1v) is 8.31. The van der Waals surface area contributed by atoms with Gasteiger partial charge in [-0.3, -0.25) is 9.59 Å². The Morgan fingerprint density at radius 3 is 2.65 bits per heavy atom. The molecule has 1 aromatic carbocycles. The van der Waals surface area contributed by atoms with E-state index in [0.717, 1.165) is 12.8 Å². The second-order valence-electron chi connectivity index (χ2n) is 6.06. The first kappa shape index (κ1) is 17.4. The van der Waals surface area contributed by atoms with Crippen molar-refractivity contribution in [2.45, 2.75) is 44.9 Å². The molecule has 0 saturated heterocycles. The SMILES string of the molecule is O=C(COC(=O)CCc1ccccc1F)NCC1CCCCC1. The van der Waals surface area contributed by atoms with Crippen molar-refractivity contribution in [2.24, 2.45) is 5.92 Å². The van der Waals surface area contributed by atoms with Gasteiger partial charge in [0.25, 0.3) is 5.91 Å². The molecule has 1 fully saturated rings. The molecule has 5 heteroatoms. The quantitative estimate of drug-likeness (QED) is 0.786. The Morgan fingerprint density at radius 1 is 1.17 bits per heavy atom.